The molecule has 0 bridgehead atoms. The van der Waals surface area contributed by atoms with Crippen LogP contribution in [0.15, 0.2) is 30.6 Å². The van der Waals surface area contributed by atoms with Crippen LogP contribution in [0, 0.1) is 25.2 Å². The van der Waals surface area contributed by atoms with Gasteiger partial charge in [-0.05, 0) is 42.7 Å². The molecule has 3 aromatic heterocycles. The molecule has 144 valence electrons. The zero-order valence-corrected chi connectivity index (χ0v) is 16.1. The standard InChI is InChI=1S/C21H18N6O2/c1-10-4-5-17(28)11(2)18(10)14-8-24-19-12(13(14)7-22)6-15(26-19)20-25-9-16(27-20)21(29)23-3/h4-6,8-9,28H,1-3H3,(H,23,29)(H,24,26)(H,25,27). The van der Waals surface area contributed by atoms with E-state index in [0.29, 0.717) is 44.9 Å². The number of pyridine rings is 1. The van der Waals surface area contributed by atoms with E-state index in [1.165, 1.54) is 6.20 Å². The first kappa shape index (κ1) is 18.3. The molecule has 3 heterocycles. The molecule has 1 aromatic carbocycles. The number of aromatic amines is 2. The van der Waals surface area contributed by atoms with Crippen LogP contribution in [0.25, 0.3) is 33.7 Å². The average Bonchev–Trinajstić information content (AvgIpc) is 3.37. The highest BCUT2D eigenvalue weighted by Crippen LogP contribution is 2.37. The lowest BCUT2D eigenvalue weighted by atomic mass is 9.92. The number of benzene rings is 1. The number of nitriles is 1. The van der Waals surface area contributed by atoms with Crippen molar-refractivity contribution in [3.63, 3.8) is 0 Å². The van der Waals surface area contributed by atoms with Crippen LogP contribution in [0.5, 0.6) is 5.75 Å². The highest BCUT2D eigenvalue weighted by atomic mass is 16.3. The summed E-state index contributed by atoms with van der Waals surface area (Å²) in [5.41, 5.74) is 5.01. The van der Waals surface area contributed by atoms with E-state index < -0.39 is 0 Å². The number of nitrogens with zero attached hydrogens (tertiary/aromatic N) is 3. The van der Waals surface area contributed by atoms with Crippen LogP contribution in [0.1, 0.15) is 27.2 Å². The second kappa shape index (κ2) is 6.80. The summed E-state index contributed by atoms with van der Waals surface area (Å²) in [4.78, 5) is 26.6. The van der Waals surface area contributed by atoms with Gasteiger partial charge >= 0.3 is 0 Å². The van der Waals surface area contributed by atoms with E-state index in [9.17, 15) is 15.2 Å². The first-order valence-electron chi connectivity index (χ1n) is 8.93. The van der Waals surface area contributed by atoms with Crippen LogP contribution < -0.4 is 5.32 Å². The number of carbonyl (C=O) groups is 1. The van der Waals surface area contributed by atoms with Gasteiger partial charge < -0.3 is 20.4 Å². The summed E-state index contributed by atoms with van der Waals surface area (Å²) in [7, 11) is 1.54. The smallest absolute Gasteiger partial charge is 0.269 e. The summed E-state index contributed by atoms with van der Waals surface area (Å²) in [5.74, 6) is 0.367. The first-order chi connectivity index (χ1) is 13.9. The quantitative estimate of drug-likeness (QED) is 0.429. The molecular weight excluding hydrogens is 368 g/mol. The molecule has 0 aliphatic heterocycles. The number of nitrogens with one attached hydrogen (secondary N) is 3. The molecule has 0 aliphatic carbocycles. The maximum Gasteiger partial charge on any atom is 0.269 e. The number of phenolic OH excluding ortho intramolecular Hbond substituents is 1. The Morgan fingerprint density at radius 1 is 1.21 bits per heavy atom. The van der Waals surface area contributed by atoms with Gasteiger partial charge in [-0.1, -0.05) is 6.07 Å². The molecule has 4 N–H and O–H groups in total. The molecule has 8 heteroatoms. The molecule has 0 unspecified atom stereocenters. The Hall–Kier alpha value is -4.12. The van der Waals surface area contributed by atoms with E-state index in [2.05, 4.69) is 31.3 Å². The zero-order valence-electron chi connectivity index (χ0n) is 16.1. The third kappa shape index (κ3) is 2.89. The predicted octanol–water partition coefficient (Wildman–Crippen LogP) is 3.17. The zero-order chi connectivity index (χ0) is 20.7. The second-order valence-electron chi connectivity index (χ2n) is 6.73. The monoisotopic (exact) mass is 386 g/mol. The summed E-state index contributed by atoms with van der Waals surface area (Å²) in [6, 6.07) is 7.51. The summed E-state index contributed by atoms with van der Waals surface area (Å²) in [6.45, 7) is 3.74. The van der Waals surface area contributed by atoms with Gasteiger partial charge in [-0.25, -0.2) is 9.97 Å². The Bertz CT molecular complexity index is 1310. The first-order valence-corrected chi connectivity index (χ1v) is 8.93. The van der Waals surface area contributed by atoms with Gasteiger partial charge in [-0.3, -0.25) is 4.79 Å². The second-order valence-corrected chi connectivity index (χ2v) is 6.73. The van der Waals surface area contributed by atoms with E-state index in [0.717, 1.165) is 11.1 Å². The fourth-order valence-corrected chi connectivity index (χ4v) is 3.47. The predicted molar refractivity (Wildman–Crippen MR) is 108 cm³/mol. The normalized spacial score (nSPS) is 10.8. The Balaban J connectivity index is 1.90. The number of rotatable bonds is 3. The number of amides is 1. The number of phenols is 1. The highest BCUT2D eigenvalue weighted by molar-refractivity contribution is 5.95. The molecule has 4 rings (SSSR count). The van der Waals surface area contributed by atoms with E-state index in [4.69, 9.17) is 0 Å². The lowest BCUT2D eigenvalue weighted by molar-refractivity contribution is 0.0958. The molecule has 1 amide bonds. The minimum absolute atomic E-state index is 0.168. The van der Waals surface area contributed by atoms with Gasteiger partial charge in [0.05, 0.1) is 17.5 Å². The number of aryl methyl sites for hydroxylation is 1. The Kier molecular flexibility index (Phi) is 4.28. The number of fused-ring (bicyclic) bond motifs is 1. The van der Waals surface area contributed by atoms with Gasteiger partial charge in [0.25, 0.3) is 5.91 Å². The van der Waals surface area contributed by atoms with E-state index in [-0.39, 0.29) is 11.7 Å². The van der Waals surface area contributed by atoms with Crippen molar-refractivity contribution in [2.75, 3.05) is 7.05 Å². The largest absolute Gasteiger partial charge is 0.508 e. The molecular formula is C21H18N6O2. The van der Waals surface area contributed by atoms with Crippen LogP contribution in [-0.4, -0.2) is 38.0 Å². The van der Waals surface area contributed by atoms with Crippen molar-refractivity contribution < 1.29 is 9.90 Å². The minimum Gasteiger partial charge on any atom is -0.508 e. The van der Waals surface area contributed by atoms with Crippen molar-refractivity contribution in [2.45, 2.75) is 13.8 Å². The van der Waals surface area contributed by atoms with Crippen molar-refractivity contribution >= 4 is 16.9 Å². The summed E-state index contributed by atoms with van der Waals surface area (Å²) < 4.78 is 0. The fourth-order valence-electron chi connectivity index (χ4n) is 3.47. The maximum absolute atomic E-state index is 11.8. The van der Waals surface area contributed by atoms with Crippen LogP contribution in [-0.2, 0) is 0 Å². The van der Waals surface area contributed by atoms with E-state index in [1.54, 1.807) is 25.4 Å². The SMILES string of the molecule is CNC(=O)c1cnc(-c2cc3c(C#N)c(-c4c(C)ccc(O)c4C)cnc3[nH]2)[nH]1. The number of hydrogen-bond donors (Lipinski definition) is 4. The van der Waals surface area contributed by atoms with Crippen LogP contribution in [0.3, 0.4) is 0 Å². The van der Waals surface area contributed by atoms with Gasteiger partial charge in [0.2, 0.25) is 0 Å². The number of H-pyrrole nitrogens is 2. The van der Waals surface area contributed by atoms with Crippen LogP contribution in [0.2, 0.25) is 0 Å². The lowest BCUT2D eigenvalue weighted by Gasteiger charge is -2.13. The average molecular weight is 386 g/mol. The summed E-state index contributed by atoms with van der Waals surface area (Å²) in [5, 5.41) is 23.2. The summed E-state index contributed by atoms with van der Waals surface area (Å²) >= 11 is 0. The van der Waals surface area contributed by atoms with Gasteiger partial charge in [0, 0.05) is 24.2 Å². The molecule has 8 nitrogen and oxygen atoms in total. The Morgan fingerprint density at radius 3 is 2.72 bits per heavy atom. The third-order valence-electron chi connectivity index (χ3n) is 4.99. The van der Waals surface area contributed by atoms with Gasteiger partial charge in [-0.15, -0.1) is 0 Å². The van der Waals surface area contributed by atoms with Crippen LogP contribution in [0.4, 0.5) is 0 Å². The minimum atomic E-state index is -0.271. The number of aromatic hydroxyl groups is 1. The van der Waals surface area contributed by atoms with Crippen LogP contribution >= 0.6 is 0 Å². The molecule has 0 radical (unpaired) electrons. The molecule has 0 saturated heterocycles. The van der Waals surface area contributed by atoms with Gasteiger partial charge in [0.15, 0.2) is 5.82 Å². The molecule has 0 atom stereocenters. The van der Waals surface area contributed by atoms with Crippen molar-refractivity contribution in [3.05, 3.63) is 53.0 Å². The van der Waals surface area contributed by atoms with Crippen molar-refractivity contribution in [1.29, 1.82) is 5.26 Å². The van der Waals surface area contributed by atoms with E-state index >= 15 is 0 Å². The Labute approximate surface area is 166 Å². The Morgan fingerprint density at radius 2 is 2.00 bits per heavy atom. The molecule has 0 aliphatic rings. The topological polar surface area (TPSA) is 130 Å². The molecule has 0 saturated carbocycles. The lowest BCUT2D eigenvalue weighted by Crippen LogP contribution is -2.17. The van der Waals surface area contributed by atoms with Crippen molar-refractivity contribution in [1.82, 2.24) is 25.3 Å². The number of hydrogen-bond acceptors (Lipinski definition) is 5. The number of aromatic nitrogens is 4. The molecule has 29 heavy (non-hydrogen) atoms. The highest BCUT2D eigenvalue weighted by Gasteiger charge is 2.19. The van der Waals surface area contributed by atoms with E-state index in [1.807, 2.05) is 19.9 Å². The summed E-state index contributed by atoms with van der Waals surface area (Å²) in [6.07, 6.45) is 3.08. The van der Waals surface area contributed by atoms with Gasteiger partial charge in [-0.2, -0.15) is 5.26 Å². The van der Waals surface area contributed by atoms with Crippen molar-refractivity contribution in [2.24, 2.45) is 0 Å². The number of imidazole rings is 1. The maximum atomic E-state index is 11.8. The van der Waals surface area contributed by atoms with Crippen molar-refractivity contribution in [3.8, 4) is 34.5 Å². The third-order valence-corrected chi connectivity index (χ3v) is 4.99. The number of carbonyl (C=O) groups excluding carboxylic acids is 1. The molecule has 0 fully saturated rings. The fraction of sp³-hybridized carbons (Fsp3) is 0.143. The molecule has 0 spiro atoms. The molecule has 4 aromatic rings. The van der Waals surface area contributed by atoms with Gasteiger partial charge in [0.1, 0.15) is 23.2 Å².